The first kappa shape index (κ1) is 14.4. The number of nitrogens with zero attached hydrogens (tertiary/aromatic N) is 2. The van der Waals surface area contributed by atoms with Crippen LogP contribution in [0.4, 0.5) is 4.39 Å². The number of benzene rings is 1. The van der Waals surface area contributed by atoms with Gasteiger partial charge in [0.15, 0.2) is 0 Å². The smallest absolute Gasteiger partial charge is 0.257 e. The van der Waals surface area contributed by atoms with Crippen LogP contribution >= 0.6 is 0 Å². The van der Waals surface area contributed by atoms with E-state index in [1.54, 1.807) is 6.07 Å². The Hall–Kier alpha value is -1.95. The Labute approximate surface area is 139 Å². The maximum atomic E-state index is 14.4. The van der Waals surface area contributed by atoms with Gasteiger partial charge >= 0.3 is 0 Å². The molecule has 6 heteroatoms. The number of fused-ring (bicyclic) bond motifs is 1. The minimum atomic E-state index is -0.473. The number of amides is 1. The third-order valence-electron chi connectivity index (χ3n) is 6.01. The van der Waals surface area contributed by atoms with Crippen molar-refractivity contribution in [2.45, 2.75) is 31.7 Å². The van der Waals surface area contributed by atoms with Crippen molar-refractivity contribution >= 4 is 16.9 Å². The van der Waals surface area contributed by atoms with Gasteiger partial charge in [0.25, 0.3) is 5.91 Å². The van der Waals surface area contributed by atoms with Crippen LogP contribution in [-0.4, -0.2) is 46.6 Å². The van der Waals surface area contributed by atoms with Gasteiger partial charge in [-0.1, -0.05) is 0 Å². The number of imidazole rings is 1. The fraction of sp³-hybridized carbons (Fsp3) is 0.556. The van der Waals surface area contributed by atoms with Crippen molar-refractivity contribution in [1.82, 2.24) is 14.9 Å². The van der Waals surface area contributed by atoms with Gasteiger partial charge in [-0.15, -0.1) is 0 Å². The zero-order chi connectivity index (χ0) is 16.3. The summed E-state index contributed by atoms with van der Waals surface area (Å²) in [6.07, 6.45) is 5.90. The van der Waals surface area contributed by atoms with Crippen LogP contribution in [0.3, 0.4) is 0 Å². The van der Waals surface area contributed by atoms with Gasteiger partial charge in [-0.05, 0) is 37.7 Å². The molecular weight excluding hydrogens is 309 g/mol. The fourth-order valence-corrected chi connectivity index (χ4v) is 4.62. The van der Waals surface area contributed by atoms with Crippen LogP contribution < -0.4 is 0 Å². The molecule has 3 fully saturated rings. The maximum absolute atomic E-state index is 14.4. The lowest BCUT2D eigenvalue weighted by Crippen LogP contribution is -2.68. The number of aromatic nitrogens is 2. The Morgan fingerprint density at radius 2 is 2.12 bits per heavy atom. The van der Waals surface area contributed by atoms with Crippen LogP contribution in [0.2, 0.25) is 0 Å². The highest BCUT2D eigenvalue weighted by atomic mass is 19.1. The molecular formula is C18H20FN3O2. The summed E-state index contributed by atoms with van der Waals surface area (Å²) in [4.78, 5) is 21.9. The second-order valence-electron chi connectivity index (χ2n) is 7.44. The molecule has 2 saturated heterocycles. The molecule has 2 aromatic rings. The average Bonchev–Trinajstić information content (AvgIpc) is 3.28. The number of H-pyrrole nitrogens is 1. The normalized spacial score (nSPS) is 25.9. The lowest BCUT2D eigenvalue weighted by Gasteiger charge is -2.59. The van der Waals surface area contributed by atoms with Gasteiger partial charge in [0, 0.05) is 37.3 Å². The third kappa shape index (κ3) is 2.02. The number of nitrogens with one attached hydrogen (secondary N) is 1. The van der Waals surface area contributed by atoms with Crippen molar-refractivity contribution in [3.63, 3.8) is 0 Å². The largest absolute Gasteiger partial charge is 0.381 e. The van der Waals surface area contributed by atoms with Crippen molar-refractivity contribution < 1.29 is 13.9 Å². The lowest BCUT2D eigenvalue weighted by molar-refractivity contribution is -0.120. The molecule has 1 amide bonds. The molecule has 3 aliphatic rings. The molecule has 0 bridgehead atoms. The van der Waals surface area contributed by atoms with Gasteiger partial charge in [-0.25, -0.2) is 9.37 Å². The zero-order valence-electron chi connectivity index (χ0n) is 13.4. The molecule has 1 spiro atoms. The SMILES string of the molecule is O=C(c1cc2nc[nH]c2cc1F)N1CC2(CCOCC2)C1C1CC1. The van der Waals surface area contributed by atoms with E-state index in [1.165, 1.54) is 25.2 Å². The summed E-state index contributed by atoms with van der Waals surface area (Å²) >= 11 is 0. The molecule has 5 nitrogen and oxygen atoms in total. The summed E-state index contributed by atoms with van der Waals surface area (Å²) in [7, 11) is 0. The van der Waals surface area contributed by atoms with E-state index in [0.29, 0.717) is 17.0 Å². The number of aromatic amines is 1. The van der Waals surface area contributed by atoms with E-state index in [2.05, 4.69) is 9.97 Å². The zero-order valence-corrected chi connectivity index (χ0v) is 13.4. The summed E-state index contributed by atoms with van der Waals surface area (Å²) in [6.45, 7) is 2.28. The Morgan fingerprint density at radius 3 is 2.88 bits per heavy atom. The minimum absolute atomic E-state index is 0.141. The monoisotopic (exact) mass is 329 g/mol. The third-order valence-corrected chi connectivity index (χ3v) is 6.01. The number of likely N-dealkylation sites (tertiary alicyclic amines) is 1. The molecule has 1 aromatic carbocycles. The number of ether oxygens (including phenoxy) is 1. The molecule has 3 heterocycles. The van der Waals surface area contributed by atoms with Gasteiger partial charge < -0.3 is 14.6 Å². The Kier molecular flexibility index (Phi) is 3.01. The second-order valence-corrected chi connectivity index (χ2v) is 7.44. The van der Waals surface area contributed by atoms with E-state index in [-0.39, 0.29) is 22.9 Å². The molecule has 1 saturated carbocycles. The average molecular weight is 329 g/mol. The highest BCUT2D eigenvalue weighted by Crippen LogP contribution is 2.55. The molecule has 1 aromatic heterocycles. The van der Waals surface area contributed by atoms with Gasteiger partial charge in [0.2, 0.25) is 0 Å². The van der Waals surface area contributed by atoms with Gasteiger partial charge in [0.1, 0.15) is 5.82 Å². The Bertz CT molecular complexity index is 808. The first-order chi connectivity index (χ1) is 11.7. The van der Waals surface area contributed by atoms with Crippen LogP contribution in [-0.2, 0) is 4.74 Å². The van der Waals surface area contributed by atoms with Crippen LogP contribution in [0.25, 0.3) is 11.0 Å². The molecule has 24 heavy (non-hydrogen) atoms. The number of halogens is 1. The highest BCUT2D eigenvalue weighted by molar-refractivity contribution is 5.98. The number of hydrogen-bond acceptors (Lipinski definition) is 3. The maximum Gasteiger partial charge on any atom is 0.257 e. The van der Waals surface area contributed by atoms with E-state index < -0.39 is 5.82 Å². The Morgan fingerprint density at radius 1 is 1.33 bits per heavy atom. The molecule has 1 atom stereocenters. The van der Waals surface area contributed by atoms with E-state index in [4.69, 9.17) is 4.74 Å². The fourth-order valence-electron chi connectivity index (χ4n) is 4.62. The number of carbonyl (C=O) groups is 1. The summed E-state index contributed by atoms with van der Waals surface area (Å²) < 4.78 is 19.9. The van der Waals surface area contributed by atoms with E-state index in [1.807, 2.05) is 4.90 Å². The van der Waals surface area contributed by atoms with Gasteiger partial charge in [0.05, 0.1) is 22.9 Å². The molecule has 1 N–H and O–H groups in total. The van der Waals surface area contributed by atoms with Crippen LogP contribution in [0, 0.1) is 17.2 Å². The van der Waals surface area contributed by atoms with Gasteiger partial charge in [-0.2, -0.15) is 0 Å². The highest BCUT2D eigenvalue weighted by Gasteiger charge is 2.59. The summed E-state index contributed by atoms with van der Waals surface area (Å²) in [5.74, 6) is -0.0800. The van der Waals surface area contributed by atoms with Crippen molar-refractivity contribution in [3.8, 4) is 0 Å². The standard InChI is InChI=1S/C18H20FN3O2/c19-13-8-15-14(20-10-21-15)7-12(13)17(23)22-9-18(3-5-24-6-4-18)16(22)11-1-2-11/h7-8,10-11,16H,1-6,9H2,(H,20,21). The molecule has 2 aliphatic heterocycles. The summed E-state index contributed by atoms with van der Waals surface area (Å²) in [6, 6.07) is 3.19. The topological polar surface area (TPSA) is 58.2 Å². The molecule has 5 rings (SSSR count). The van der Waals surface area contributed by atoms with Gasteiger partial charge in [-0.3, -0.25) is 4.79 Å². The second kappa shape index (κ2) is 5.02. The molecule has 1 aliphatic carbocycles. The summed E-state index contributed by atoms with van der Waals surface area (Å²) in [5, 5.41) is 0. The van der Waals surface area contributed by atoms with Crippen molar-refractivity contribution in [2.75, 3.05) is 19.8 Å². The summed E-state index contributed by atoms with van der Waals surface area (Å²) in [5.41, 5.74) is 1.58. The van der Waals surface area contributed by atoms with Crippen LogP contribution in [0.15, 0.2) is 18.5 Å². The number of carbonyl (C=O) groups excluding carboxylic acids is 1. The lowest BCUT2D eigenvalue weighted by atomic mass is 9.64. The Balaban J connectivity index is 1.46. The predicted molar refractivity (Wildman–Crippen MR) is 86.1 cm³/mol. The molecule has 0 radical (unpaired) electrons. The van der Waals surface area contributed by atoms with Crippen molar-refractivity contribution in [1.29, 1.82) is 0 Å². The quantitative estimate of drug-likeness (QED) is 0.922. The van der Waals surface area contributed by atoms with E-state index >= 15 is 0 Å². The minimum Gasteiger partial charge on any atom is -0.381 e. The first-order valence-electron chi connectivity index (χ1n) is 8.69. The molecule has 126 valence electrons. The predicted octanol–water partition coefficient (Wildman–Crippen LogP) is 2.73. The molecule has 1 unspecified atom stereocenters. The van der Waals surface area contributed by atoms with Crippen molar-refractivity contribution in [2.24, 2.45) is 11.3 Å². The van der Waals surface area contributed by atoms with Crippen LogP contribution in [0.5, 0.6) is 0 Å². The number of rotatable bonds is 2. The van der Waals surface area contributed by atoms with Crippen LogP contribution in [0.1, 0.15) is 36.0 Å². The van der Waals surface area contributed by atoms with E-state index in [9.17, 15) is 9.18 Å². The van der Waals surface area contributed by atoms with E-state index in [0.717, 1.165) is 32.6 Å². The van der Waals surface area contributed by atoms with Crippen molar-refractivity contribution in [3.05, 3.63) is 29.8 Å². The number of hydrogen-bond donors (Lipinski definition) is 1. The first-order valence-corrected chi connectivity index (χ1v) is 8.69.